The van der Waals surface area contributed by atoms with Gasteiger partial charge in [-0.25, -0.2) is 0 Å². The van der Waals surface area contributed by atoms with Gasteiger partial charge >= 0.3 is 0 Å². The van der Waals surface area contributed by atoms with Crippen LogP contribution < -0.4 is 4.90 Å². The van der Waals surface area contributed by atoms with Gasteiger partial charge in [-0.2, -0.15) is 5.26 Å². The predicted octanol–water partition coefficient (Wildman–Crippen LogP) is 1.11. The molecule has 0 radical (unpaired) electrons. The Balaban J connectivity index is 1.95. The zero-order valence-corrected chi connectivity index (χ0v) is 15.8. The molecular formula is C19H23N5O4. The average molecular weight is 385 g/mol. The molecule has 0 bridgehead atoms. The highest BCUT2D eigenvalue weighted by Crippen LogP contribution is 2.29. The van der Waals surface area contributed by atoms with E-state index in [0.29, 0.717) is 31.9 Å². The molecule has 2 heterocycles. The van der Waals surface area contributed by atoms with Crippen LogP contribution in [0.15, 0.2) is 23.8 Å². The lowest BCUT2D eigenvalue weighted by Crippen LogP contribution is -2.44. The zero-order chi connectivity index (χ0) is 20.1. The molecule has 1 aromatic rings. The molecule has 0 atom stereocenters. The van der Waals surface area contributed by atoms with E-state index < -0.39 is 4.92 Å². The summed E-state index contributed by atoms with van der Waals surface area (Å²) in [6.07, 6.45) is 1.47. The van der Waals surface area contributed by atoms with E-state index in [0.717, 1.165) is 31.9 Å². The molecule has 9 nitrogen and oxygen atoms in total. The number of anilines is 1. The van der Waals surface area contributed by atoms with Crippen LogP contribution in [0.2, 0.25) is 0 Å². The number of rotatable bonds is 4. The number of amides is 1. The maximum atomic E-state index is 12.7. The summed E-state index contributed by atoms with van der Waals surface area (Å²) in [5.74, 6) is -0.373. The summed E-state index contributed by atoms with van der Waals surface area (Å²) in [6, 6.07) is 6.55. The van der Waals surface area contributed by atoms with Crippen molar-refractivity contribution in [2.75, 3.05) is 64.4 Å². The lowest BCUT2D eigenvalue weighted by atomic mass is 10.1. The Labute approximate surface area is 163 Å². The van der Waals surface area contributed by atoms with Gasteiger partial charge in [0.25, 0.3) is 11.6 Å². The summed E-state index contributed by atoms with van der Waals surface area (Å²) in [5.41, 5.74) is 1.20. The highest BCUT2D eigenvalue weighted by Gasteiger charge is 2.23. The fourth-order valence-corrected chi connectivity index (χ4v) is 3.34. The largest absolute Gasteiger partial charge is 0.378 e. The van der Waals surface area contributed by atoms with Crippen molar-refractivity contribution in [1.82, 2.24) is 9.80 Å². The Morgan fingerprint density at radius 1 is 1.21 bits per heavy atom. The number of nitro groups is 1. The summed E-state index contributed by atoms with van der Waals surface area (Å²) in [5, 5.41) is 20.8. The van der Waals surface area contributed by atoms with E-state index in [-0.39, 0.29) is 17.2 Å². The van der Waals surface area contributed by atoms with Crippen molar-refractivity contribution in [2.24, 2.45) is 0 Å². The minimum atomic E-state index is -0.471. The van der Waals surface area contributed by atoms with Crippen molar-refractivity contribution < 1.29 is 14.5 Å². The van der Waals surface area contributed by atoms with Crippen molar-refractivity contribution >= 4 is 23.4 Å². The number of hydrogen-bond acceptors (Lipinski definition) is 7. The quantitative estimate of drug-likeness (QED) is 0.331. The summed E-state index contributed by atoms with van der Waals surface area (Å²) in [7, 11) is 2.04. The number of hydrogen-bond donors (Lipinski definition) is 0. The Bertz CT molecular complexity index is 818. The first-order valence-corrected chi connectivity index (χ1v) is 9.20. The van der Waals surface area contributed by atoms with E-state index in [1.165, 1.54) is 18.2 Å². The van der Waals surface area contributed by atoms with Crippen LogP contribution >= 0.6 is 0 Å². The van der Waals surface area contributed by atoms with Gasteiger partial charge in [-0.05, 0) is 19.2 Å². The summed E-state index contributed by atoms with van der Waals surface area (Å²) < 4.78 is 5.25. The SMILES string of the molecule is CN1CCN(c2ccc([N+](=O)[O-])cc2/C=C(\C#N)C(=O)N2CCOCC2)CC1. The summed E-state index contributed by atoms with van der Waals surface area (Å²) >= 11 is 0. The topological polar surface area (TPSA) is 103 Å². The molecule has 0 unspecified atom stereocenters. The van der Waals surface area contributed by atoms with Crippen molar-refractivity contribution in [3.05, 3.63) is 39.4 Å². The fraction of sp³-hybridized carbons (Fsp3) is 0.474. The minimum absolute atomic E-state index is 0.0298. The summed E-state index contributed by atoms with van der Waals surface area (Å²) in [4.78, 5) is 29.4. The van der Waals surface area contributed by atoms with Crippen LogP contribution in [-0.2, 0) is 9.53 Å². The minimum Gasteiger partial charge on any atom is -0.378 e. The van der Waals surface area contributed by atoms with Crippen LogP contribution in [0.3, 0.4) is 0 Å². The molecule has 1 aromatic carbocycles. The first-order valence-electron chi connectivity index (χ1n) is 9.20. The number of piperazine rings is 1. The second-order valence-electron chi connectivity index (χ2n) is 6.86. The number of carbonyl (C=O) groups excluding carboxylic acids is 1. The molecule has 0 spiro atoms. The number of benzene rings is 1. The average Bonchev–Trinajstić information content (AvgIpc) is 2.72. The normalized spacial score (nSPS) is 18.6. The third-order valence-corrected chi connectivity index (χ3v) is 5.01. The Hall–Kier alpha value is -2.96. The number of nitrogens with zero attached hydrogens (tertiary/aromatic N) is 5. The smallest absolute Gasteiger partial charge is 0.270 e. The van der Waals surface area contributed by atoms with Gasteiger partial charge in [0.2, 0.25) is 0 Å². The van der Waals surface area contributed by atoms with Crippen molar-refractivity contribution in [3.8, 4) is 6.07 Å². The molecule has 9 heteroatoms. The van der Waals surface area contributed by atoms with Gasteiger partial charge in [-0.3, -0.25) is 14.9 Å². The number of nitriles is 1. The van der Waals surface area contributed by atoms with E-state index in [1.54, 1.807) is 11.0 Å². The Morgan fingerprint density at radius 2 is 1.89 bits per heavy atom. The molecule has 0 saturated carbocycles. The molecular weight excluding hydrogens is 362 g/mol. The van der Waals surface area contributed by atoms with Gasteiger partial charge in [0.15, 0.2) is 0 Å². The van der Waals surface area contributed by atoms with E-state index in [1.807, 2.05) is 13.1 Å². The number of carbonyl (C=O) groups is 1. The molecule has 28 heavy (non-hydrogen) atoms. The number of nitro benzene ring substituents is 1. The lowest BCUT2D eigenvalue weighted by molar-refractivity contribution is -0.384. The maximum absolute atomic E-state index is 12.7. The fourth-order valence-electron chi connectivity index (χ4n) is 3.34. The molecule has 0 aliphatic carbocycles. The maximum Gasteiger partial charge on any atom is 0.270 e. The first kappa shape index (κ1) is 19.8. The molecule has 2 aliphatic rings. The van der Waals surface area contributed by atoms with Crippen LogP contribution in [0.1, 0.15) is 5.56 Å². The molecule has 0 N–H and O–H groups in total. The molecule has 2 saturated heterocycles. The van der Waals surface area contributed by atoms with Gasteiger partial charge in [-0.15, -0.1) is 0 Å². The lowest BCUT2D eigenvalue weighted by Gasteiger charge is -2.35. The van der Waals surface area contributed by atoms with Gasteiger partial charge in [0, 0.05) is 62.7 Å². The number of morpholine rings is 1. The van der Waals surface area contributed by atoms with Crippen molar-refractivity contribution in [3.63, 3.8) is 0 Å². The van der Waals surface area contributed by atoms with Crippen LogP contribution in [-0.4, -0.2) is 80.2 Å². The van der Waals surface area contributed by atoms with Crippen molar-refractivity contribution in [2.45, 2.75) is 0 Å². The first-order chi connectivity index (χ1) is 13.5. The monoisotopic (exact) mass is 385 g/mol. The molecule has 0 aromatic heterocycles. The van der Waals surface area contributed by atoms with Crippen LogP contribution in [0.5, 0.6) is 0 Å². The van der Waals surface area contributed by atoms with Crippen LogP contribution in [0, 0.1) is 21.4 Å². The zero-order valence-electron chi connectivity index (χ0n) is 15.8. The number of ether oxygens (including phenoxy) is 1. The van der Waals surface area contributed by atoms with Crippen LogP contribution in [0.25, 0.3) is 6.08 Å². The second-order valence-corrected chi connectivity index (χ2v) is 6.86. The second kappa shape index (κ2) is 8.82. The molecule has 3 rings (SSSR count). The number of likely N-dealkylation sites (N-methyl/N-ethyl adjacent to an activating group) is 1. The predicted molar refractivity (Wildman–Crippen MR) is 104 cm³/mol. The van der Waals surface area contributed by atoms with Crippen LogP contribution in [0.4, 0.5) is 11.4 Å². The third kappa shape index (κ3) is 4.47. The van der Waals surface area contributed by atoms with E-state index in [4.69, 9.17) is 4.74 Å². The summed E-state index contributed by atoms with van der Waals surface area (Å²) in [6.45, 7) is 5.02. The van der Waals surface area contributed by atoms with Gasteiger partial charge in [-0.1, -0.05) is 0 Å². The van der Waals surface area contributed by atoms with E-state index in [9.17, 15) is 20.2 Å². The Kier molecular flexibility index (Phi) is 6.23. The molecule has 2 aliphatic heterocycles. The van der Waals surface area contributed by atoms with Crippen molar-refractivity contribution in [1.29, 1.82) is 5.26 Å². The highest BCUT2D eigenvalue weighted by molar-refractivity contribution is 6.02. The third-order valence-electron chi connectivity index (χ3n) is 5.01. The molecule has 1 amide bonds. The molecule has 148 valence electrons. The standard InChI is InChI=1S/C19H23N5O4/c1-21-4-6-22(7-5-21)18-3-2-17(24(26)27)13-15(18)12-16(14-20)19(25)23-8-10-28-11-9-23/h2-3,12-13H,4-11H2,1H3/b16-12+. The van der Waals surface area contributed by atoms with E-state index >= 15 is 0 Å². The number of non-ortho nitro benzene ring substituents is 1. The van der Waals surface area contributed by atoms with Gasteiger partial charge in [0.1, 0.15) is 11.6 Å². The van der Waals surface area contributed by atoms with Gasteiger partial charge in [0.05, 0.1) is 18.1 Å². The Morgan fingerprint density at radius 3 is 2.50 bits per heavy atom. The molecule has 2 fully saturated rings. The van der Waals surface area contributed by atoms with E-state index in [2.05, 4.69) is 9.80 Å². The van der Waals surface area contributed by atoms with Gasteiger partial charge < -0.3 is 19.4 Å². The highest BCUT2D eigenvalue weighted by atomic mass is 16.6.